The molecule has 0 aliphatic carbocycles. The van der Waals surface area contributed by atoms with Gasteiger partial charge in [-0.25, -0.2) is 0 Å². The predicted molar refractivity (Wildman–Crippen MR) is 248 cm³/mol. The van der Waals surface area contributed by atoms with Crippen molar-refractivity contribution in [1.82, 2.24) is 0 Å². The molecule has 0 nitrogen and oxygen atoms in total. The van der Waals surface area contributed by atoms with E-state index in [4.69, 9.17) is 0 Å². The molecule has 2 atom stereocenters. The lowest BCUT2D eigenvalue weighted by Crippen LogP contribution is -2.26. The number of hydrogen-bond donors (Lipinski definition) is 0. The number of fused-ring (bicyclic) bond motifs is 4. The SMILES string of the molecule is Cc1ccc2c(C(C)(c3ccc(-c4ccc(C(C)(c5cccc6ccccc56)c5cccc6cc(C)ccc56)cc4)cc3)c3cccc4ccccc34)cccc2c1. The van der Waals surface area contributed by atoms with Crippen molar-refractivity contribution >= 4 is 43.1 Å². The van der Waals surface area contributed by atoms with E-state index < -0.39 is 10.8 Å². The zero-order chi connectivity index (χ0) is 39.4. The molecule has 0 spiro atoms. The van der Waals surface area contributed by atoms with Gasteiger partial charge in [0.15, 0.2) is 0 Å². The maximum Gasteiger partial charge on any atom is 0.0435 e. The first-order chi connectivity index (χ1) is 28.3. The third-order valence-corrected chi connectivity index (χ3v) is 13.1. The van der Waals surface area contributed by atoms with E-state index in [1.165, 1.54) is 98.7 Å². The molecule has 58 heavy (non-hydrogen) atoms. The van der Waals surface area contributed by atoms with Crippen LogP contribution in [0.5, 0.6) is 0 Å². The van der Waals surface area contributed by atoms with Crippen molar-refractivity contribution in [3.63, 3.8) is 0 Å². The molecule has 0 aromatic heterocycles. The Morgan fingerprint density at radius 3 is 0.966 bits per heavy atom. The summed E-state index contributed by atoms with van der Waals surface area (Å²) in [5.74, 6) is 0. The van der Waals surface area contributed by atoms with Crippen LogP contribution in [0.3, 0.4) is 0 Å². The monoisotopic (exact) mass is 742 g/mol. The Bertz CT molecular complexity index is 2920. The molecule has 2 unspecified atom stereocenters. The first-order valence-corrected chi connectivity index (χ1v) is 20.5. The Balaban J connectivity index is 1.10. The predicted octanol–water partition coefficient (Wildman–Crippen LogP) is 15.3. The van der Waals surface area contributed by atoms with Gasteiger partial charge in [0.1, 0.15) is 0 Å². The second kappa shape index (κ2) is 14.0. The lowest BCUT2D eigenvalue weighted by molar-refractivity contribution is 0.706. The van der Waals surface area contributed by atoms with Crippen molar-refractivity contribution in [3.8, 4) is 11.1 Å². The van der Waals surface area contributed by atoms with Crippen molar-refractivity contribution in [2.45, 2.75) is 38.5 Å². The van der Waals surface area contributed by atoms with Gasteiger partial charge in [-0.3, -0.25) is 0 Å². The summed E-state index contributed by atoms with van der Waals surface area (Å²) in [5.41, 5.74) is 11.9. The first kappa shape index (κ1) is 35.6. The highest BCUT2D eigenvalue weighted by Crippen LogP contribution is 2.47. The molecule has 10 aromatic carbocycles. The molecule has 278 valence electrons. The van der Waals surface area contributed by atoms with E-state index in [2.05, 4.69) is 234 Å². The average Bonchev–Trinajstić information content (AvgIpc) is 3.27. The van der Waals surface area contributed by atoms with E-state index in [-0.39, 0.29) is 0 Å². The standard InChI is InChI=1S/C58H46/c1-39-25-35-51-45(37-39)17-11-23-55(51)57(3,53-21-9-15-43-13-5-7-19-49(43)53)47-31-27-41(28-32-47)42-29-33-48(34-30-42)58(4,54-22-10-16-44-14-6-8-20-50(44)54)56-24-12-18-46-38-40(2)26-36-52(46)56/h5-38H,1-4H3. The summed E-state index contributed by atoms with van der Waals surface area (Å²) in [6, 6.07) is 77.2. The molecule has 0 saturated heterocycles. The zero-order valence-electron chi connectivity index (χ0n) is 33.6. The van der Waals surface area contributed by atoms with Gasteiger partial charge in [0, 0.05) is 10.8 Å². The highest BCUT2D eigenvalue weighted by atomic mass is 14.4. The minimum absolute atomic E-state index is 0.407. The fourth-order valence-electron chi connectivity index (χ4n) is 9.91. The summed E-state index contributed by atoms with van der Waals surface area (Å²) >= 11 is 0. The van der Waals surface area contributed by atoms with E-state index in [0.717, 1.165) is 0 Å². The van der Waals surface area contributed by atoms with Gasteiger partial charge in [0.25, 0.3) is 0 Å². The highest BCUT2D eigenvalue weighted by Gasteiger charge is 2.36. The maximum absolute atomic E-state index is 2.41. The van der Waals surface area contributed by atoms with Crippen molar-refractivity contribution in [2.75, 3.05) is 0 Å². The van der Waals surface area contributed by atoms with Crippen LogP contribution in [0.4, 0.5) is 0 Å². The number of hydrogen-bond acceptors (Lipinski definition) is 0. The van der Waals surface area contributed by atoms with Crippen molar-refractivity contribution < 1.29 is 0 Å². The van der Waals surface area contributed by atoms with Crippen molar-refractivity contribution in [2.24, 2.45) is 0 Å². The van der Waals surface area contributed by atoms with Gasteiger partial charge in [-0.1, -0.05) is 217 Å². The molecule has 0 radical (unpaired) electrons. The third-order valence-electron chi connectivity index (χ3n) is 13.1. The summed E-state index contributed by atoms with van der Waals surface area (Å²) in [7, 11) is 0. The topological polar surface area (TPSA) is 0 Å². The molecule has 0 saturated carbocycles. The highest BCUT2D eigenvalue weighted by molar-refractivity contribution is 5.94. The van der Waals surface area contributed by atoms with Crippen LogP contribution in [0.15, 0.2) is 206 Å². The van der Waals surface area contributed by atoms with Gasteiger partial charge in [0.05, 0.1) is 0 Å². The van der Waals surface area contributed by atoms with Gasteiger partial charge in [-0.2, -0.15) is 0 Å². The normalized spacial score (nSPS) is 13.8. The molecular weight excluding hydrogens is 697 g/mol. The van der Waals surface area contributed by atoms with E-state index in [0.29, 0.717) is 0 Å². The quantitative estimate of drug-likeness (QED) is 0.143. The zero-order valence-corrected chi connectivity index (χ0v) is 33.6. The first-order valence-electron chi connectivity index (χ1n) is 20.5. The minimum Gasteiger partial charge on any atom is -0.0616 e. The lowest BCUT2D eigenvalue weighted by Gasteiger charge is -2.34. The molecule has 10 rings (SSSR count). The van der Waals surface area contributed by atoms with Crippen LogP contribution in [0.2, 0.25) is 0 Å². The molecule has 0 heteroatoms. The van der Waals surface area contributed by atoms with E-state index in [1.54, 1.807) is 0 Å². The fraction of sp³-hybridized carbons (Fsp3) is 0.103. The number of rotatable bonds is 7. The van der Waals surface area contributed by atoms with Crippen molar-refractivity contribution in [3.05, 3.63) is 251 Å². The molecule has 0 heterocycles. The molecule has 0 N–H and O–H groups in total. The Morgan fingerprint density at radius 1 is 0.276 bits per heavy atom. The van der Waals surface area contributed by atoms with Gasteiger partial charge in [0.2, 0.25) is 0 Å². The number of benzene rings is 10. The average molecular weight is 743 g/mol. The summed E-state index contributed by atoms with van der Waals surface area (Å²) in [6.07, 6.45) is 0. The summed E-state index contributed by atoms with van der Waals surface area (Å²) in [4.78, 5) is 0. The Morgan fingerprint density at radius 2 is 0.586 bits per heavy atom. The molecule has 0 fully saturated rings. The second-order valence-electron chi connectivity index (χ2n) is 16.5. The number of aryl methyl sites for hydroxylation is 2. The molecule has 0 bridgehead atoms. The Hall–Kier alpha value is -6.76. The van der Waals surface area contributed by atoms with E-state index >= 15 is 0 Å². The molecule has 0 aliphatic heterocycles. The molecular formula is C58H46. The van der Waals surface area contributed by atoms with Gasteiger partial charge >= 0.3 is 0 Å². The van der Waals surface area contributed by atoms with E-state index in [1.807, 2.05) is 0 Å². The summed E-state index contributed by atoms with van der Waals surface area (Å²) < 4.78 is 0. The van der Waals surface area contributed by atoms with E-state index in [9.17, 15) is 0 Å². The van der Waals surface area contributed by atoms with Crippen LogP contribution in [0.25, 0.3) is 54.2 Å². The van der Waals surface area contributed by atoms with Crippen molar-refractivity contribution in [1.29, 1.82) is 0 Å². The Labute approximate surface area is 342 Å². The molecule has 0 aliphatic rings. The molecule has 10 aromatic rings. The maximum atomic E-state index is 2.41. The van der Waals surface area contributed by atoms with Crippen LogP contribution in [-0.4, -0.2) is 0 Å². The minimum atomic E-state index is -0.407. The largest absolute Gasteiger partial charge is 0.0616 e. The lowest BCUT2D eigenvalue weighted by atomic mass is 9.68. The second-order valence-corrected chi connectivity index (χ2v) is 16.5. The smallest absolute Gasteiger partial charge is 0.0435 e. The summed E-state index contributed by atoms with van der Waals surface area (Å²) in [6.45, 7) is 9.18. The third kappa shape index (κ3) is 5.74. The van der Waals surface area contributed by atoms with Crippen LogP contribution in [0, 0.1) is 13.8 Å². The van der Waals surface area contributed by atoms with Gasteiger partial charge < -0.3 is 0 Å². The van der Waals surface area contributed by atoms with Gasteiger partial charge in [-0.15, -0.1) is 0 Å². The van der Waals surface area contributed by atoms with Crippen LogP contribution in [0.1, 0.15) is 58.4 Å². The summed E-state index contributed by atoms with van der Waals surface area (Å²) in [5, 5.41) is 10.2. The molecule has 0 amide bonds. The van der Waals surface area contributed by atoms with Crippen LogP contribution in [-0.2, 0) is 10.8 Å². The van der Waals surface area contributed by atoms with Gasteiger partial charge in [-0.05, 0) is 115 Å². The van der Waals surface area contributed by atoms with Crippen LogP contribution >= 0.6 is 0 Å². The Kier molecular flexibility index (Phi) is 8.61. The van der Waals surface area contributed by atoms with Crippen LogP contribution < -0.4 is 0 Å². The fourth-order valence-corrected chi connectivity index (χ4v) is 9.91.